The maximum absolute atomic E-state index is 13.5. The van der Waals surface area contributed by atoms with Gasteiger partial charge in [-0.05, 0) is 22.8 Å². The minimum atomic E-state index is -0.710. The summed E-state index contributed by atoms with van der Waals surface area (Å²) in [6.45, 7) is 1.12. The largest absolute Gasteiger partial charge is 0.493 e. The first-order valence-electron chi connectivity index (χ1n) is 10.7. The highest BCUT2D eigenvalue weighted by Gasteiger charge is 2.25. The lowest BCUT2D eigenvalue weighted by Crippen LogP contribution is -2.41. The molecule has 3 aromatic rings. The first kappa shape index (κ1) is 22.3. The summed E-state index contributed by atoms with van der Waals surface area (Å²) in [7, 11) is 1.50. The predicted octanol–water partition coefficient (Wildman–Crippen LogP) is 1.48. The van der Waals surface area contributed by atoms with Crippen molar-refractivity contribution in [1.29, 1.82) is 0 Å². The number of carbonyl (C=O) groups is 1. The zero-order valence-corrected chi connectivity index (χ0v) is 18.4. The van der Waals surface area contributed by atoms with E-state index in [9.17, 15) is 14.4 Å². The van der Waals surface area contributed by atoms with Gasteiger partial charge in [-0.3, -0.25) is 24.0 Å². The van der Waals surface area contributed by atoms with E-state index >= 15 is 0 Å². The number of ether oxygens (including phenoxy) is 2. The van der Waals surface area contributed by atoms with Crippen molar-refractivity contribution in [1.82, 2.24) is 9.55 Å². The Morgan fingerprint density at radius 3 is 2.73 bits per heavy atom. The summed E-state index contributed by atoms with van der Waals surface area (Å²) in [6, 6.07) is 14.9. The number of hydrogen-bond donors (Lipinski definition) is 2. The van der Waals surface area contributed by atoms with Gasteiger partial charge in [0.1, 0.15) is 11.6 Å². The third-order valence-corrected chi connectivity index (χ3v) is 5.60. The fraction of sp³-hybridized carbons (Fsp3) is 0.292. The Hall–Kier alpha value is -3.85. The highest BCUT2D eigenvalue weighted by Crippen LogP contribution is 2.27. The number of benzene rings is 2. The fourth-order valence-corrected chi connectivity index (χ4v) is 3.92. The number of aromatic nitrogens is 2. The van der Waals surface area contributed by atoms with Crippen LogP contribution in [0.5, 0.6) is 5.75 Å². The number of nitrogens with one attached hydrogen (secondary N) is 1. The highest BCUT2D eigenvalue weighted by atomic mass is 16.5. The lowest BCUT2D eigenvalue weighted by molar-refractivity contribution is -0.118. The van der Waals surface area contributed by atoms with E-state index in [2.05, 4.69) is 4.98 Å². The molecule has 0 spiro atoms. The van der Waals surface area contributed by atoms with Crippen LogP contribution in [0.2, 0.25) is 0 Å². The van der Waals surface area contributed by atoms with Crippen molar-refractivity contribution in [3.05, 3.63) is 86.1 Å². The smallest absolute Gasteiger partial charge is 0.330 e. The number of anilines is 2. The average molecular weight is 450 g/mol. The van der Waals surface area contributed by atoms with Gasteiger partial charge in [0.05, 0.1) is 32.7 Å². The van der Waals surface area contributed by atoms with Gasteiger partial charge in [0.25, 0.3) is 5.56 Å². The second kappa shape index (κ2) is 9.74. The zero-order valence-electron chi connectivity index (χ0n) is 18.4. The maximum atomic E-state index is 13.5. The molecule has 2 heterocycles. The maximum Gasteiger partial charge on any atom is 0.330 e. The lowest BCUT2D eigenvalue weighted by atomic mass is 10.1. The normalized spacial score (nSPS) is 12.3. The molecular formula is C24H26N4O5. The van der Waals surface area contributed by atoms with E-state index in [1.807, 2.05) is 48.5 Å². The fourth-order valence-electron chi connectivity index (χ4n) is 3.92. The summed E-state index contributed by atoms with van der Waals surface area (Å²) < 4.78 is 11.8. The third kappa shape index (κ3) is 4.83. The molecule has 0 atom stereocenters. The number of carbonyl (C=O) groups excluding carboxylic acids is 1. The van der Waals surface area contributed by atoms with Crippen LogP contribution < -0.4 is 26.6 Å². The summed E-state index contributed by atoms with van der Waals surface area (Å²) in [6.07, 6.45) is 0.859. The number of hydrogen-bond acceptors (Lipinski definition) is 6. The van der Waals surface area contributed by atoms with E-state index < -0.39 is 11.2 Å². The van der Waals surface area contributed by atoms with Crippen LogP contribution >= 0.6 is 0 Å². The van der Waals surface area contributed by atoms with Gasteiger partial charge in [-0.25, -0.2) is 4.79 Å². The lowest BCUT2D eigenvalue weighted by Gasteiger charge is -2.25. The molecule has 0 aliphatic carbocycles. The monoisotopic (exact) mass is 450 g/mol. The van der Waals surface area contributed by atoms with E-state index in [1.165, 1.54) is 16.6 Å². The Balaban J connectivity index is 1.73. The second-order valence-electron chi connectivity index (χ2n) is 7.82. The number of fused-ring (bicyclic) bond motifs is 1. The zero-order chi connectivity index (χ0) is 23.4. The molecule has 9 heteroatoms. The first-order chi connectivity index (χ1) is 16.0. The van der Waals surface area contributed by atoms with Crippen LogP contribution in [0.3, 0.4) is 0 Å². The van der Waals surface area contributed by atoms with Gasteiger partial charge in [0.15, 0.2) is 5.69 Å². The number of nitrogens with two attached hydrogens (primary N) is 1. The van der Waals surface area contributed by atoms with E-state index in [-0.39, 0.29) is 43.5 Å². The molecule has 4 rings (SSSR count). The van der Waals surface area contributed by atoms with Crippen molar-refractivity contribution in [2.45, 2.75) is 25.9 Å². The van der Waals surface area contributed by atoms with Crippen LogP contribution in [0.15, 0.2) is 58.1 Å². The molecule has 33 heavy (non-hydrogen) atoms. The molecule has 1 amide bonds. The SMILES string of the molecule is COCCn1c(N)c(N(Cc2ccccc2)C(=O)Cc2ccc3c(c2)CCO3)c(=O)[nH]c1=O. The van der Waals surface area contributed by atoms with Gasteiger partial charge < -0.3 is 15.2 Å². The molecule has 172 valence electrons. The van der Waals surface area contributed by atoms with Gasteiger partial charge in [0, 0.05) is 13.5 Å². The van der Waals surface area contributed by atoms with Crippen LogP contribution in [0.25, 0.3) is 0 Å². The molecule has 0 bridgehead atoms. The number of nitrogen functional groups attached to an aromatic ring is 1. The number of amides is 1. The molecule has 0 radical (unpaired) electrons. The second-order valence-corrected chi connectivity index (χ2v) is 7.82. The van der Waals surface area contributed by atoms with Gasteiger partial charge in [0.2, 0.25) is 5.91 Å². The van der Waals surface area contributed by atoms with E-state index in [0.717, 1.165) is 28.9 Å². The average Bonchev–Trinajstić information content (AvgIpc) is 3.26. The van der Waals surface area contributed by atoms with Gasteiger partial charge in [-0.2, -0.15) is 0 Å². The first-order valence-corrected chi connectivity index (χ1v) is 10.7. The van der Waals surface area contributed by atoms with Crippen LogP contribution in [0.1, 0.15) is 16.7 Å². The molecule has 9 nitrogen and oxygen atoms in total. The predicted molar refractivity (Wildman–Crippen MR) is 125 cm³/mol. The molecule has 1 aromatic heterocycles. The molecule has 2 aromatic carbocycles. The summed E-state index contributed by atoms with van der Waals surface area (Å²) in [5, 5.41) is 0. The minimum Gasteiger partial charge on any atom is -0.493 e. The summed E-state index contributed by atoms with van der Waals surface area (Å²) in [5.74, 6) is 0.442. The van der Waals surface area contributed by atoms with Crippen LogP contribution in [-0.2, 0) is 35.5 Å². The quantitative estimate of drug-likeness (QED) is 0.536. The molecule has 0 unspecified atom stereocenters. The Morgan fingerprint density at radius 1 is 1.18 bits per heavy atom. The molecule has 0 saturated heterocycles. The van der Waals surface area contributed by atoms with Crippen molar-refractivity contribution >= 4 is 17.4 Å². The molecule has 1 aliphatic rings. The summed E-state index contributed by atoms with van der Waals surface area (Å²) in [4.78, 5) is 42.3. The molecule has 3 N–H and O–H groups in total. The molecular weight excluding hydrogens is 424 g/mol. The van der Waals surface area contributed by atoms with Crippen molar-refractivity contribution in [2.75, 3.05) is 31.0 Å². The summed E-state index contributed by atoms with van der Waals surface area (Å²) >= 11 is 0. The van der Waals surface area contributed by atoms with Crippen LogP contribution in [0, 0.1) is 0 Å². The Kier molecular flexibility index (Phi) is 6.60. The number of H-pyrrole nitrogens is 1. The van der Waals surface area contributed by atoms with E-state index in [4.69, 9.17) is 15.2 Å². The molecule has 0 fully saturated rings. The third-order valence-electron chi connectivity index (χ3n) is 5.60. The molecule has 1 aliphatic heterocycles. The number of methoxy groups -OCH3 is 1. The Morgan fingerprint density at radius 2 is 1.97 bits per heavy atom. The number of rotatable bonds is 8. The standard InChI is InChI=1S/C24H26N4O5/c1-32-12-10-27-22(25)21(23(30)26-24(27)31)28(15-16-5-3-2-4-6-16)20(29)14-17-7-8-19-18(13-17)9-11-33-19/h2-8,13H,9-12,14-15,25H2,1H3,(H,26,30,31). The van der Waals surface area contributed by atoms with Crippen molar-refractivity contribution in [2.24, 2.45) is 0 Å². The minimum absolute atomic E-state index is 0.0518. The van der Waals surface area contributed by atoms with Gasteiger partial charge in [-0.1, -0.05) is 42.5 Å². The summed E-state index contributed by atoms with van der Waals surface area (Å²) in [5.41, 5.74) is 7.54. The van der Waals surface area contributed by atoms with Crippen molar-refractivity contribution < 1.29 is 14.3 Å². The van der Waals surface area contributed by atoms with E-state index in [0.29, 0.717) is 6.61 Å². The van der Waals surface area contributed by atoms with Crippen molar-refractivity contribution in [3.8, 4) is 5.75 Å². The van der Waals surface area contributed by atoms with Crippen LogP contribution in [-0.4, -0.2) is 35.8 Å². The Bertz CT molecular complexity index is 1270. The van der Waals surface area contributed by atoms with E-state index in [1.54, 1.807) is 0 Å². The number of nitrogens with zero attached hydrogens (tertiary/aromatic N) is 2. The van der Waals surface area contributed by atoms with Crippen LogP contribution in [0.4, 0.5) is 11.5 Å². The molecule has 0 saturated carbocycles. The number of aromatic amines is 1. The Labute approximate surface area is 190 Å². The topological polar surface area (TPSA) is 120 Å². The van der Waals surface area contributed by atoms with Crippen molar-refractivity contribution in [3.63, 3.8) is 0 Å². The van der Waals surface area contributed by atoms with Gasteiger partial charge >= 0.3 is 5.69 Å². The highest BCUT2D eigenvalue weighted by molar-refractivity contribution is 5.96. The van der Waals surface area contributed by atoms with Gasteiger partial charge in [-0.15, -0.1) is 0 Å².